The Kier molecular flexibility index (Phi) is 19.2. The van der Waals surface area contributed by atoms with Gasteiger partial charge in [-0.2, -0.15) is 10.2 Å². The lowest BCUT2D eigenvalue weighted by Crippen LogP contribution is -1.74. The predicted molar refractivity (Wildman–Crippen MR) is 335 cm³/mol. The van der Waals surface area contributed by atoms with Crippen LogP contribution in [0.1, 0.15) is 53.5 Å². The number of benzene rings is 7. The Labute approximate surface area is 491 Å². The Morgan fingerprint density at radius 3 is 1.71 bits per heavy atom. The molecule has 0 saturated heterocycles. The highest BCUT2D eigenvalue weighted by Crippen LogP contribution is 2.26. The molecule has 0 saturated carbocycles. The quantitative estimate of drug-likeness (QED) is 0.143. The van der Waals surface area contributed by atoms with Gasteiger partial charge in [0, 0.05) is 52.4 Å². The Morgan fingerprint density at radius 1 is 0.412 bits per heavy atom. The number of tetrazole rings is 1. The highest BCUT2D eigenvalue weighted by molar-refractivity contribution is 7.18. The monoisotopic (exact) mass is 1150 g/mol. The maximum Gasteiger partial charge on any atom is 0.246 e. The maximum absolute atomic E-state index is 5.46. The summed E-state index contributed by atoms with van der Waals surface area (Å²) in [4.78, 5) is 40.6. The molecule has 426 valence electrons. The minimum atomic E-state index is 0. The normalized spacial score (nSPS) is 10.5. The zero-order valence-corrected chi connectivity index (χ0v) is 48.0. The lowest BCUT2D eigenvalue weighted by molar-refractivity contribution is 0.551. The van der Waals surface area contributed by atoms with Crippen molar-refractivity contribution >= 4 is 110 Å². The van der Waals surface area contributed by atoms with Gasteiger partial charge in [-0.15, -0.1) is 21.5 Å². The number of pyridine rings is 2. The minimum absolute atomic E-state index is 0. The van der Waals surface area contributed by atoms with Crippen LogP contribution in [0.2, 0.25) is 0 Å². The zero-order chi connectivity index (χ0) is 58.4. The van der Waals surface area contributed by atoms with E-state index in [9.17, 15) is 0 Å². The average Bonchev–Trinajstić information content (AvgIpc) is 4.60. The van der Waals surface area contributed by atoms with Crippen LogP contribution in [0.25, 0.3) is 98.6 Å². The van der Waals surface area contributed by atoms with Gasteiger partial charge in [0.05, 0.1) is 26.3 Å². The number of imidazole rings is 1. The Bertz CT molecular complexity index is 4260. The fraction of sp³-hybridized carbons (Fsp3) is 0.138. The number of nitrogens with one attached hydrogen (secondary N) is 2. The number of aryl methyl sites for hydroxylation is 8. The summed E-state index contributed by atoms with van der Waals surface area (Å²) in [6.07, 6.45) is 3.39. The SMILES string of the molecule is C.Cc1nc2c(ccc3ccccc32)o1.Cc1nc2cc3ccccc3cc2o1.Cc1nc2ccccc2[nH]1.Cc1nc2ccccc2o1.Cc1nc2ccccc2s1.Cc1nc2cccnc2o1.Cc1nc2ncccc2o1.Cc1nn[nH]n1. The number of hydrogen-bond acceptors (Lipinski definition) is 18. The topological polar surface area (TPSA) is 252 Å². The van der Waals surface area contributed by atoms with E-state index in [1.807, 2.05) is 176 Å². The second-order valence-electron chi connectivity index (χ2n) is 18.6. The summed E-state index contributed by atoms with van der Waals surface area (Å²) in [7, 11) is 0. The van der Waals surface area contributed by atoms with Crippen LogP contribution in [0.4, 0.5) is 0 Å². The standard InChI is InChI=1S/2C12H9NO.C8H8N2.C8H7NO.C8H7NS.2C7H6N2O.C2H4N4.CH4/c1-8-13-11-6-9-4-2-3-5-10(9)7-12(11)14-8;1-8-13-12-10-5-3-2-4-9(10)6-7-11(12)14-8;3*1-6-9-7-4-2-3-5-8(7)10-6;1-5-9-7-6(10-5)3-2-4-8-7;1-5-9-6-3-2-4-8-7(6)10-5;1-2-3-5-6-4-2;/h2*2-7H,1H3;2-5H,1H3,(H,9,10);2*2-5H,1H3;2*2-4H,1H3;1H3,(H,3,4,5,6);1H4. The number of H-pyrrole nitrogens is 2. The Hall–Kier alpha value is -10.9. The van der Waals surface area contributed by atoms with Crippen LogP contribution in [0.3, 0.4) is 0 Å². The first-order valence-corrected chi connectivity index (χ1v) is 27.3. The van der Waals surface area contributed by atoms with Crippen LogP contribution in [0.15, 0.2) is 204 Å². The molecule has 0 amide bonds. The molecule has 19 nitrogen and oxygen atoms in total. The summed E-state index contributed by atoms with van der Waals surface area (Å²) in [5, 5.41) is 18.6. The summed E-state index contributed by atoms with van der Waals surface area (Å²) < 4.78 is 27.8. The fourth-order valence-corrected chi connectivity index (χ4v) is 9.35. The lowest BCUT2D eigenvalue weighted by atomic mass is 10.1. The molecular weight excluding hydrogens is 1090 g/mol. The number of thiazole rings is 1. The Balaban J connectivity index is 0.000000117. The summed E-state index contributed by atoms with van der Waals surface area (Å²) in [6, 6.07) is 55.9. The van der Waals surface area contributed by atoms with Gasteiger partial charge in [-0.05, 0) is 116 Å². The van der Waals surface area contributed by atoms with Crippen molar-refractivity contribution in [2.45, 2.75) is 62.8 Å². The number of rotatable bonds is 0. The van der Waals surface area contributed by atoms with Crippen LogP contribution in [-0.2, 0) is 0 Å². The highest BCUT2D eigenvalue weighted by atomic mass is 32.1. The molecule has 7 aromatic carbocycles. The molecule has 0 bridgehead atoms. The number of nitrogens with zero attached hydrogens (tertiary/aromatic N) is 12. The van der Waals surface area contributed by atoms with E-state index in [1.54, 1.807) is 30.7 Å². The highest BCUT2D eigenvalue weighted by Gasteiger charge is 2.07. The van der Waals surface area contributed by atoms with Crippen molar-refractivity contribution in [3.8, 4) is 0 Å². The molecule has 0 unspecified atom stereocenters. The van der Waals surface area contributed by atoms with Gasteiger partial charge in [0.15, 0.2) is 63.3 Å². The van der Waals surface area contributed by atoms with Crippen LogP contribution < -0.4 is 0 Å². The molecule has 0 aliphatic heterocycles. The molecule has 10 aromatic heterocycles. The Morgan fingerprint density at radius 2 is 0.988 bits per heavy atom. The van der Waals surface area contributed by atoms with Gasteiger partial charge in [-0.1, -0.05) is 104 Å². The van der Waals surface area contributed by atoms with Gasteiger partial charge in [-0.25, -0.2) is 39.9 Å². The van der Waals surface area contributed by atoms with Crippen molar-refractivity contribution in [1.82, 2.24) is 70.5 Å². The van der Waals surface area contributed by atoms with Crippen LogP contribution in [0.5, 0.6) is 0 Å². The molecule has 20 heteroatoms. The second kappa shape index (κ2) is 27.7. The van der Waals surface area contributed by atoms with Gasteiger partial charge in [0.1, 0.15) is 27.9 Å². The molecule has 0 radical (unpaired) electrons. The van der Waals surface area contributed by atoms with E-state index in [-0.39, 0.29) is 7.43 Å². The number of oxazole rings is 5. The number of hydrogen-bond donors (Lipinski definition) is 2. The first kappa shape index (κ1) is 58.8. The molecule has 10 heterocycles. The van der Waals surface area contributed by atoms with Crippen LogP contribution >= 0.6 is 11.3 Å². The largest absolute Gasteiger partial charge is 0.441 e. The van der Waals surface area contributed by atoms with Crippen molar-refractivity contribution in [2.24, 2.45) is 0 Å². The predicted octanol–water partition coefficient (Wildman–Crippen LogP) is 16.4. The van der Waals surface area contributed by atoms with Gasteiger partial charge in [-0.3, -0.25) is 0 Å². The number of aromatic amines is 2. The van der Waals surface area contributed by atoms with E-state index >= 15 is 0 Å². The molecule has 0 aliphatic carbocycles. The smallest absolute Gasteiger partial charge is 0.246 e. The van der Waals surface area contributed by atoms with Crippen molar-refractivity contribution in [2.75, 3.05) is 0 Å². The van der Waals surface area contributed by atoms with Gasteiger partial charge >= 0.3 is 0 Å². The third-order valence-corrected chi connectivity index (χ3v) is 13.0. The zero-order valence-electron chi connectivity index (χ0n) is 47.1. The maximum atomic E-state index is 5.46. The van der Waals surface area contributed by atoms with E-state index in [1.165, 1.54) is 20.9 Å². The molecule has 0 fully saturated rings. The third-order valence-electron chi connectivity index (χ3n) is 12.1. The van der Waals surface area contributed by atoms with Gasteiger partial charge in [0.2, 0.25) is 5.71 Å². The summed E-state index contributed by atoms with van der Waals surface area (Å²) in [5.74, 6) is 5.13. The van der Waals surface area contributed by atoms with Gasteiger partial charge in [0.25, 0.3) is 0 Å². The average molecular weight is 1150 g/mol. The van der Waals surface area contributed by atoms with Crippen molar-refractivity contribution in [1.29, 1.82) is 0 Å². The molecule has 17 rings (SSSR count). The van der Waals surface area contributed by atoms with Crippen LogP contribution in [-0.4, -0.2) is 70.5 Å². The first-order valence-electron chi connectivity index (χ1n) is 26.5. The third kappa shape index (κ3) is 15.6. The summed E-state index contributed by atoms with van der Waals surface area (Å²) in [5.41, 5.74) is 11.5. The van der Waals surface area contributed by atoms with E-state index in [2.05, 4.69) is 113 Å². The van der Waals surface area contributed by atoms with E-state index in [0.717, 1.165) is 94.8 Å². The minimum Gasteiger partial charge on any atom is -0.441 e. The van der Waals surface area contributed by atoms with Crippen LogP contribution in [0, 0.1) is 55.4 Å². The number of fused-ring (bicyclic) bond motifs is 10. The molecule has 2 N–H and O–H groups in total. The molecule has 0 spiro atoms. The van der Waals surface area contributed by atoms with Gasteiger partial charge < -0.3 is 27.1 Å². The molecule has 0 aliphatic rings. The van der Waals surface area contributed by atoms with E-state index < -0.39 is 0 Å². The molecule has 17 aromatic rings. The second-order valence-corrected chi connectivity index (χ2v) is 19.8. The number of aromatic nitrogens is 14. The van der Waals surface area contributed by atoms with Crippen molar-refractivity contribution in [3.63, 3.8) is 0 Å². The van der Waals surface area contributed by atoms with E-state index in [4.69, 9.17) is 22.1 Å². The molecule has 85 heavy (non-hydrogen) atoms. The first-order chi connectivity index (χ1) is 40.9. The molecule has 0 atom stereocenters. The fourth-order valence-electron chi connectivity index (χ4n) is 8.52. The lowest BCUT2D eigenvalue weighted by Gasteiger charge is -1.95. The number of para-hydroxylation sites is 5. The van der Waals surface area contributed by atoms with E-state index in [0.29, 0.717) is 29.0 Å². The summed E-state index contributed by atoms with van der Waals surface area (Å²) in [6.45, 7) is 15.0. The summed E-state index contributed by atoms with van der Waals surface area (Å²) >= 11 is 1.74. The molecular formula is C65H60N14O5S. The van der Waals surface area contributed by atoms with Crippen molar-refractivity contribution < 1.29 is 22.1 Å². The van der Waals surface area contributed by atoms with Crippen molar-refractivity contribution in [3.05, 3.63) is 228 Å².